The first-order chi connectivity index (χ1) is 8.50. The van der Waals surface area contributed by atoms with Gasteiger partial charge in [-0.1, -0.05) is 12.2 Å². The molecule has 98 valence electrons. The van der Waals surface area contributed by atoms with Crippen molar-refractivity contribution in [3.05, 3.63) is 28.2 Å². The van der Waals surface area contributed by atoms with Gasteiger partial charge in [0.2, 0.25) is 5.91 Å². The smallest absolute Gasteiger partial charge is 0.243 e. The first kappa shape index (κ1) is 14.9. The predicted octanol–water partition coefficient (Wildman–Crippen LogP) is 0.997. The number of nitrogens with one attached hydrogen (secondary N) is 1. The highest BCUT2D eigenvalue weighted by atomic mass is 79.9. The molecule has 0 aromatic heterocycles. The van der Waals surface area contributed by atoms with Crippen LogP contribution in [0, 0.1) is 0 Å². The van der Waals surface area contributed by atoms with Crippen molar-refractivity contribution in [2.24, 2.45) is 11.5 Å². The molecule has 0 aliphatic rings. The molecule has 0 radical (unpaired) electrons. The molecule has 0 atom stereocenters. The maximum atomic E-state index is 10.4. The number of anilines is 1. The van der Waals surface area contributed by atoms with Crippen LogP contribution in [0.5, 0.6) is 0 Å². The number of carbonyl (C=O) groups is 1. The summed E-state index contributed by atoms with van der Waals surface area (Å²) in [5, 5.41) is 3.14. The van der Waals surface area contributed by atoms with E-state index in [1.54, 1.807) is 0 Å². The monoisotopic (exact) mass is 331 g/mol. The zero-order chi connectivity index (χ0) is 13.5. The summed E-state index contributed by atoms with van der Waals surface area (Å²) in [6.07, 6.45) is 0. The number of amides is 1. The summed E-state index contributed by atoms with van der Waals surface area (Å²) < 4.78 is 5.89. The Bertz CT molecular complexity index is 454. The summed E-state index contributed by atoms with van der Waals surface area (Å²) >= 11 is 8.30. The van der Waals surface area contributed by atoms with Crippen molar-refractivity contribution in [2.75, 3.05) is 25.1 Å². The predicted molar refractivity (Wildman–Crippen MR) is 78.5 cm³/mol. The molecule has 0 saturated carbocycles. The second-order valence-electron chi connectivity index (χ2n) is 3.50. The Hall–Kier alpha value is -1.18. The third-order valence-electron chi connectivity index (χ3n) is 2.06. The molecule has 1 rings (SSSR count). The zero-order valence-corrected chi connectivity index (χ0v) is 12.0. The van der Waals surface area contributed by atoms with E-state index in [1.807, 2.05) is 18.2 Å². The number of hydrogen-bond donors (Lipinski definition) is 3. The Labute approximate surface area is 119 Å². The lowest BCUT2D eigenvalue weighted by Gasteiger charge is -2.09. The molecule has 0 unspecified atom stereocenters. The molecule has 0 aliphatic carbocycles. The average Bonchev–Trinajstić information content (AvgIpc) is 2.29. The summed E-state index contributed by atoms with van der Waals surface area (Å²) in [4.78, 5) is 10.8. The number of benzene rings is 1. The lowest BCUT2D eigenvalue weighted by molar-refractivity contribution is -0.122. The summed E-state index contributed by atoms with van der Waals surface area (Å²) in [7, 11) is 0. The number of thiocarbonyl (C=S) groups is 1. The minimum Gasteiger partial charge on any atom is -0.389 e. The molecular formula is C11H14BrN3O2S. The first-order valence-electron chi connectivity index (χ1n) is 5.20. The number of ether oxygens (including phenoxy) is 1. The van der Waals surface area contributed by atoms with Crippen LogP contribution in [0.1, 0.15) is 5.56 Å². The SMILES string of the molecule is NC(=O)COCCNc1ccc(C(N)=S)cc1Br. The fraction of sp³-hybridized carbons (Fsp3) is 0.273. The van der Waals surface area contributed by atoms with Gasteiger partial charge >= 0.3 is 0 Å². The molecular weight excluding hydrogens is 318 g/mol. The lowest BCUT2D eigenvalue weighted by atomic mass is 10.2. The van der Waals surface area contributed by atoms with Crippen molar-refractivity contribution < 1.29 is 9.53 Å². The summed E-state index contributed by atoms with van der Waals surface area (Å²) in [6.45, 7) is 0.897. The number of hydrogen-bond acceptors (Lipinski definition) is 4. The van der Waals surface area contributed by atoms with E-state index >= 15 is 0 Å². The van der Waals surface area contributed by atoms with Crippen LogP contribution in [0.3, 0.4) is 0 Å². The molecule has 1 aromatic rings. The van der Waals surface area contributed by atoms with Crippen molar-refractivity contribution in [3.63, 3.8) is 0 Å². The Morgan fingerprint density at radius 3 is 2.72 bits per heavy atom. The molecule has 0 fully saturated rings. The van der Waals surface area contributed by atoms with E-state index in [0.717, 1.165) is 15.7 Å². The number of halogens is 1. The Balaban J connectivity index is 2.43. The second-order valence-corrected chi connectivity index (χ2v) is 4.80. The van der Waals surface area contributed by atoms with Crippen LogP contribution in [-0.4, -0.2) is 30.7 Å². The number of carbonyl (C=O) groups excluding carboxylic acids is 1. The largest absolute Gasteiger partial charge is 0.389 e. The van der Waals surface area contributed by atoms with Crippen LogP contribution < -0.4 is 16.8 Å². The van der Waals surface area contributed by atoms with Crippen molar-refractivity contribution >= 4 is 44.7 Å². The van der Waals surface area contributed by atoms with E-state index in [4.69, 9.17) is 28.4 Å². The summed E-state index contributed by atoms with van der Waals surface area (Å²) in [5.74, 6) is -0.475. The topological polar surface area (TPSA) is 90.4 Å². The zero-order valence-electron chi connectivity index (χ0n) is 9.61. The molecule has 18 heavy (non-hydrogen) atoms. The van der Waals surface area contributed by atoms with Gasteiger partial charge in [-0.05, 0) is 34.1 Å². The average molecular weight is 332 g/mol. The van der Waals surface area contributed by atoms with Gasteiger partial charge in [0.15, 0.2) is 0 Å². The van der Waals surface area contributed by atoms with Gasteiger partial charge in [0.05, 0.1) is 6.61 Å². The van der Waals surface area contributed by atoms with Crippen LogP contribution in [0.4, 0.5) is 5.69 Å². The van der Waals surface area contributed by atoms with Crippen LogP contribution >= 0.6 is 28.1 Å². The molecule has 1 amide bonds. The summed E-state index contributed by atoms with van der Waals surface area (Å²) in [5.41, 5.74) is 12.2. The first-order valence-corrected chi connectivity index (χ1v) is 6.40. The molecule has 0 heterocycles. The van der Waals surface area contributed by atoms with E-state index in [1.165, 1.54) is 0 Å². The molecule has 5 N–H and O–H groups in total. The van der Waals surface area contributed by atoms with Gasteiger partial charge < -0.3 is 21.5 Å². The molecule has 0 saturated heterocycles. The van der Waals surface area contributed by atoms with E-state index in [-0.39, 0.29) is 6.61 Å². The van der Waals surface area contributed by atoms with E-state index in [2.05, 4.69) is 21.2 Å². The van der Waals surface area contributed by atoms with Gasteiger partial charge in [-0.15, -0.1) is 0 Å². The van der Waals surface area contributed by atoms with Crippen molar-refractivity contribution in [2.45, 2.75) is 0 Å². The molecule has 7 heteroatoms. The molecule has 0 bridgehead atoms. The minimum absolute atomic E-state index is 0.0662. The summed E-state index contributed by atoms with van der Waals surface area (Å²) in [6, 6.07) is 5.54. The van der Waals surface area contributed by atoms with Gasteiger partial charge in [-0.2, -0.15) is 0 Å². The maximum absolute atomic E-state index is 10.4. The lowest BCUT2D eigenvalue weighted by Crippen LogP contribution is -2.20. The Morgan fingerprint density at radius 2 is 2.17 bits per heavy atom. The second kappa shape index (κ2) is 7.30. The van der Waals surface area contributed by atoms with Gasteiger partial charge in [0, 0.05) is 22.3 Å². The van der Waals surface area contributed by atoms with Crippen molar-refractivity contribution in [1.82, 2.24) is 0 Å². The Morgan fingerprint density at radius 1 is 1.44 bits per heavy atom. The van der Waals surface area contributed by atoms with Gasteiger partial charge in [0.1, 0.15) is 11.6 Å². The standard InChI is InChI=1S/C11H14BrN3O2S/c12-8-5-7(11(14)18)1-2-9(8)15-3-4-17-6-10(13)16/h1-2,5,15H,3-4,6H2,(H2,13,16)(H2,14,18). The quantitative estimate of drug-likeness (QED) is 0.512. The third kappa shape index (κ3) is 4.99. The van der Waals surface area contributed by atoms with Crippen molar-refractivity contribution in [1.29, 1.82) is 0 Å². The Kier molecular flexibility index (Phi) is 6.03. The van der Waals surface area contributed by atoms with E-state index < -0.39 is 5.91 Å². The highest BCUT2D eigenvalue weighted by molar-refractivity contribution is 9.10. The van der Waals surface area contributed by atoms with Crippen LogP contribution in [0.2, 0.25) is 0 Å². The van der Waals surface area contributed by atoms with Crippen LogP contribution in [-0.2, 0) is 9.53 Å². The number of primary amides is 1. The fourth-order valence-electron chi connectivity index (χ4n) is 1.24. The third-order valence-corrected chi connectivity index (χ3v) is 2.95. The van der Waals surface area contributed by atoms with E-state index in [0.29, 0.717) is 18.1 Å². The maximum Gasteiger partial charge on any atom is 0.243 e. The molecule has 5 nitrogen and oxygen atoms in total. The van der Waals surface area contributed by atoms with Gasteiger partial charge in [-0.25, -0.2) is 0 Å². The van der Waals surface area contributed by atoms with Crippen molar-refractivity contribution in [3.8, 4) is 0 Å². The normalized spacial score (nSPS) is 10.1. The number of rotatable bonds is 7. The van der Waals surface area contributed by atoms with Gasteiger partial charge in [0.25, 0.3) is 0 Å². The minimum atomic E-state index is -0.475. The van der Waals surface area contributed by atoms with Crippen LogP contribution in [0.15, 0.2) is 22.7 Å². The highest BCUT2D eigenvalue weighted by Gasteiger charge is 2.03. The molecule has 0 spiro atoms. The highest BCUT2D eigenvalue weighted by Crippen LogP contribution is 2.23. The fourth-order valence-corrected chi connectivity index (χ4v) is 1.89. The van der Waals surface area contributed by atoms with Gasteiger partial charge in [-0.3, -0.25) is 4.79 Å². The van der Waals surface area contributed by atoms with E-state index in [9.17, 15) is 4.79 Å². The van der Waals surface area contributed by atoms with Crippen LogP contribution in [0.25, 0.3) is 0 Å². The molecule has 0 aliphatic heterocycles. The number of nitrogens with two attached hydrogens (primary N) is 2. The molecule has 1 aromatic carbocycles.